The van der Waals surface area contributed by atoms with Gasteiger partial charge in [-0.15, -0.1) is 0 Å². The fourth-order valence-corrected chi connectivity index (χ4v) is 7.79. The third-order valence-electron chi connectivity index (χ3n) is 9.83. The van der Waals surface area contributed by atoms with Gasteiger partial charge in [0.1, 0.15) is 29.1 Å². The molecule has 0 fully saturated rings. The van der Waals surface area contributed by atoms with E-state index in [9.17, 15) is 14.4 Å². The third kappa shape index (κ3) is 6.64. The van der Waals surface area contributed by atoms with Crippen LogP contribution in [0.4, 0.5) is 0 Å². The molecular weight excluding hydrogens is 799 g/mol. The molecule has 0 saturated heterocycles. The van der Waals surface area contributed by atoms with E-state index in [2.05, 4.69) is 24.9 Å². The molecule has 284 valence electrons. The van der Waals surface area contributed by atoms with E-state index < -0.39 is 16.8 Å². The summed E-state index contributed by atoms with van der Waals surface area (Å²) in [5.74, 6) is -0.354. The van der Waals surface area contributed by atoms with Gasteiger partial charge in [0.05, 0.1) is 52.1 Å². The largest absolute Gasteiger partial charge is 0.443 e. The lowest BCUT2D eigenvalue weighted by atomic mass is 9.98. The van der Waals surface area contributed by atoms with Crippen LogP contribution < -0.4 is 10.9 Å². The van der Waals surface area contributed by atoms with Gasteiger partial charge in [0.15, 0.2) is 10.9 Å². The van der Waals surface area contributed by atoms with Crippen LogP contribution in [0.1, 0.15) is 21.5 Å². The van der Waals surface area contributed by atoms with Crippen LogP contribution in [0.5, 0.6) is 0 Å². The number of benzene rings is 4. The minimum absolute atomic E-state index is 0.0999. The molecule has 0 bridgehead atoms. The molecule has 0 aliphatic rings. The zero-order valence-electron chi connectivity index (χ0n) is 30.0. The van der Waals surface area contributed by atoms with E-state index in [0.29, 0.717) is 43.0 Å². The summed E-state index contributed by atoms with van der Waals surface area (Å²) in [4.78, 5) is 65.4. The predicted octanol–water partition coefficient (Wildman–Crippen LogP) is 10.2. The Morgan fingerprint density at radius 2 is 1.09 bits per heavy atom. The summed E-state index contributed by atoms with van der Waals surface area (Å²) >= 11 is 19.7. The minimum Gasteiger partial charge on any atom is -0.443 e. The highest BCUT2D eigenvalue weighted by molar-refractivity contribution is 6.35. The number of nitrogens with zero attached hydrogens (tertiary/aromatic N) is 4. The fraction of sp³-hybridized carbons (Fsp3) is 0.0455. The van der Waals surface area contributed by atoms with Crippen LogP contribution in [0.25, 0.3) is 67.2 Å². The first-order valence-corrected chi connectivity index (χ1v) is 19.0. The lowest BCUT2D eigenvalue weighted by Gasteiger charge is -2.25. The SMILES string of the molecule is O=C(c1ccc(Cl)nc1)N(Cc1c(-c2ncco2)[nH]c2c(-c3ccccc3)c(Cl)ccc2c1=O)Cc1c(-c2ncco2)[nH]c2c(-c3ccccc3)c(Cl)ccc2c1=O. The number of carbonyl (C=O) groups is 1. The van der Waals surface area contributed by atoms with Crippen LogP contribution >= 0.6 is 34.8 Å². The van der Waals surface area contributed by atoms with Crippen molar-refractivity contribution in [2.75, 3.05) is 0 Å². The molecule has 2 N–H and O–H groups in total. The molecule has 0 radical (unpaired) electrons. The van der Waals surface area contributed by atoms with Gasteiger partial charge < -0.3 is 23.7 Å². The first-order valence-electron chi connectivity index (χ1n) is 17.8. The van der Waals surface area contributed by atoms with Gasteiger partial charge in [-0.1, -0.05) is 95.5 Å². The number of aromatic amines is 2. The van der Waals surface area contributed by atoms with Crippen LogP contribution in [0.15, 0.2) is 147 Å². The molecule has 0 aliphatic carbocycles. The van der Waals surface area contributed by atoms with Crippen molar-refractivity contribution in [2.45, 2.75) is 13.1 Å². The molecule has 9 rings (SSSR count). The van der Waals surface area contributed by atoms with Gasteiger partial charge in [0.25, 0.3) is 5.91 Å². The summed E-state index contributed by atoms with van der Waals surface area (Å²) in [5.41, 5.74) is 3.70. The summed E-state index contributed by atoms with van der Waals surface area (Å²) < 4.78 is 11.5. The molecule has 4 aromatic carbocycles. The fourth-order valence-electron chi connectivity index (χ4n) is 7.15. The van der Waals surface area contributed by atoms with Crippen molar-refractivity contribution in [1.82, 2.24) is 29.8 Å². The van der Waals surface area contributed by atoms with Crippen molar-refractivity contribution in [3.8, 4) is 45.4 Å². The van der Waals surface area contributed by atoms with Crippen LogP contribution in [0.3, 0.4) is 0 Å². The Morgan fingerprint density at radius 3 is 1.50 bits per heavy atom. The highest BCUT2D eigenvalue weighted by Crippen LogP contribution is 2.37. The number of fused-ring (bicyclic) bond motifs is 2. The number of carbonyl (C=O) groups excluding carboxylic acids is 1. The maximum atomic E-state index is 14.8. The molecule has 5 heterocycles. The molecule has 0 spiro atoms. The topological polar surface area (TPSA) is 151 Å². The quantitative estimate of drug-likeness (QED) is 0.137. The van der Waals surface area contributed by atoms with Crippen LogP contribution in [-0.4, -0.2) is 35.7 Å². The number of pyridine rings is 3. The van der Waals surface area contributed by atoms with E-state index in [0.717, 1.165) is 11.1 Å². The van der Waals surface area contributed by atoms with Gasteiger partial charge in [-0.25, -0.2) is 15.0 Å². The number of aromatic nitrogens is 5. The highest BCUT2D eigenvalue weighted by Gasteiger charge is 2.28. The Labute approximate surface area is 343 Å². The molecule has 9 aromatic rings. The lowest BCUT2D eigenvalue weighted by molar-refractivity contribution is 0.0729. The van der Waals surface area contributed by atoms with Gasteiger partial charge >= 0.3 is 0 Å². The number of oxazole rings is 2. The van der Waals surface area contributed by atoms with Crippen molar-refractivity contribution < 1.29 is 13.6 Å². The third-order valence-corrected chi connectivity index (χ3v) is 10.7. The Hall–Kier alpha value is -6.79. The zero-order valence-corrected chi connectivity index (χ0v) is 32.3. The summed E-state index contributed by atoms with van der Waals surface area (Å²) in [6.45, 7) is -0.627. The maximum Gasteiger partial charge on any atom is 0.256 e. The summed E-state index contributed by atoms with van der Waals surface area (Å²) in [6, 6.07) is 28.4. The molecule has 5 aromatic heterocycles. The van der Waals surface area contributed by atoms with E-state index in [-0.39, 0.29) is 58.1 Å². The molecule has 58 heavy (non-hydrogen) atoms. The number of H-pyrrole nitrogens is 2. The second-order valence-corrected chi connectivity index (χ2v) is 14.4. The summed E-state index contributed by atoms with van der Waals surface area (Å²) in [5, 5.41) is 1.63. The van der Waals surface area contributed by atoms with E-state index >= 15 is 0 Å². The summed E-state index contributed by atoms with van der Waals surface area (Å²) in [7, 11) is 0. The smallest absolute Gasteiger partial charge is 0.256 e. The first-order chi connectivity index (χ1) is 28.3. The molecule has 0 unspecified atom stereocenters. The first kappa shape index (κ1) is 36.8. The van der Waals surface area contributed by atoms with E-state index in [1.54, 1.807) is 24.3 Å². The van der Waals surface area contributed by atoms with E-state index in [1.807, 2.05) is 60.7 Å². The van der Waals surface area contributed by atoms with Crippen molar-refractivity contribution in [1.29, 1.82) is 0 Å². The number of rotatable bonds is 9. The molecular formula is C44H27Cl3N6O5. The Balaban J connectivity index is 1.27. The highest BCUT2D eigenvalue weighted by atomic mass is 35.5. The number of hydrogen-bond acceptors (Lipinski definition) is 8. The summed E-state index contributed by atoms with van der Waals surface area (Å²) in [6.07, 6.45) is 7.00. The molecule has 0 atom stereocenters. The molecule has 0 aliphatic heterocycles. The Bertz CT molecular complexity index is 2920. The van der Waals surface area contributed by atoms with Crippen molar-refractivity contribution in [2.24, 2.45) is 0 Å². The van der Waals surface area contributed by atoms with Crippen molar-refractivity contribution in [3.05, 3.63) is 181 Å². The van der Waals surface area contributed by atoms with Crippen molar-refractivity contribution >= 4 is 62.5 Å². The maximum absolute atomic E-state index is 14.8. The monoisotopic (exact) mass is 824 g/mol. The van der Waals surface area contributed by atoms with E-state index in [1.165, 1.54) is 48.1 Å². The number of nitrogens with one attached hydrogen (secondary N) is 2. The van der Waals surface area contributed by atoms with Crippen LogP contribution in [0, 0.1) is 0 Å². The van der Waals surface area contributed by atoms with Gasteiger partial charge in [-0.05, 0) is 47.5 Å². The Morgan fingerprint density at radius 1 is 0.603 bits per heavy atom. The number of hydrogen-bond donors (Lipinski definition) is 2. The van der Waals surface area contributed by atoms with Crippen molar-refractivity contribution in [3.63, 3.8) is 0 Å². The normalized spacial score (nSPS) is 11.4. The average molecular weight is 826 g/mol. The average Bonchev–Trinajstić information content (AvgIpc) is 3.99. The second kappa shape index (κ2) is 15.3. The van der Waals surface area contributed by atoms with Crippen LogP contribution in [-0.2, 0) is 13.1 Å². The molecule has 1 amide bonds. The van der Waals surface area contributed by atoms with Crippen LogP contribution in [0.2, 0.25) is 15.2 Å². The minimum atomic E-state index is -0.554. The number of halogens is 3. The second-order valence-electron chi connectivity index (χ2n) is 13.2. The van der Waals surface area contributed by atoms with E-state index in [4.69, 9.17) is 43.6 Å². The van der Waals surface area contributed by atoms with Gasteiger partial charge in [0, 0.05) is 39.2 Å². The molecule has 0 saturated carbocycles. The predicted molar refractivity (Wildman–Crippen MR) is 224 cm³/mol. The Kier molecular flexibility index (Phi) is 9.70. The van der Waals surface area contributed by atoms with Gasteiger partial charge in [-0.2, -0.15) is 0 Å². The standard InChI is InChI=1S/C44H27Cl3N6O5/c45-31-14-12-27-36(34(31)24-7-3-1-4-8-24)51-38(42-48-17-19-57-42)29(40(27)54)22-53(44(56)26-11-16-33(47)50-21-26)23-30-39(43-49-18-20-58-43)52-37-28(41(30)55)13-15-32(46)35(37)25-9-5-2-6-10-25/h1-21H,22-23H2,(H,51,54)(H,52,55). The van der Waals surface area contributed by atoms with Gasteiger partial charge in [0.2, 0.25) is 11.8 Å². The number of amides is 1. The zero-order chi connectivity index (χ0) is 39.9. The van der Waals surface area contributed by atoms with Gasteiger partial charge in [-0.3, -0.25) is 14.4 Å². The molecule has 14 heteroatoms. The molecule has 11 nitrogen and oxygen atoms in total. The lowest BCUT2D eigenvalue weighted by Crippen LogP contribution is -2.35.